The van der Waals surface area contributed by atoms with E-state index >= 15 is 0 Å². The van der Waals surface area contributed by atoms with Gasteiger partial charge in [-0.15, -0.1) is 0 Å². The molecule has 0 aliphatic carbocycles. The summed E-state index contributed by atoms with van der Waals surface area (Å²) in [6, 6.07) is 13.4. The van der Waals surface area contributed by atoms with E-state index in [1.54, 1.807) is 12.1 Å². The van der Waals surface area contributed by atoms with Gasteiger partial charge in [0.2, 0.25) is 5.91 Å². The number of amides is 2. The zero-order chi connectivity index (χ0) is 18.3. The first kappa shape index (κ1) is 18.8. The van der Waals surface area contributed by atoms with E-state index in [-0.39, 0.29) is 29.0 Å². The standard InChI is InChI=1S/C20H26N2O3/c1-15(20(2,3)16-9-5-4-6-10-16)22-18(23)12-7-13-21-19(24)17-11-8-14-25-17/h4-6,8-11,14-15H,7,12-13H2,1-3H3,(H,21,24)(H,22,23). The van der Waals surface area contributed by atoms with Crippen LogP contribution in [-0.4, -0.2) is 24.4 Å². The van der Waals surface area contributed by atoms with E-state index in [1.807, 2.05) is 25.1 Å². The summed E-state index contributed by atoms with van der Waals surface area (Å²) in [7, 11) is 0. The summed E-state index contributed by atoms with van der Waals surface area (Å²) in [4.78, 5) is 23.9. The first-order chi connectivity index (χ1) is 11.9. The fourth-order valence-electron chi connectivity index (χ4n) is 2.56. The number of furan rings is 1. The summed E-state index contributed by atoms with van der Waals surface area (Å²) in [5.41, 5.74) is 1.03. The second kappa shape index (κ2) is 8.51. The van der Waals surface area contributed by atoms with Gasteiger partial charge >= 0.3 is 0 Å². The second-order valence-corrected chi connectivity index (χ2v) is 6.71. The van der Waals surface area contributed by atoms with E-state index < -0.39 is 0 Å². The van der Waals surface area contributed by atoms with Gasteiger partial charge in [0.05, 0.1) is 6.26 Å². The maximum atomic E-state index is 12.2. The quantitative estimate of drug-likeness (QED) is 0.723. The first-order valence-corrected chi connectivity index (χ1v) is 8.58. The van der Waals surface area contributed by atoms with Crippen LogP contribution in [0, 0.1) is 0 Å². The molecular weight excluding hydrogens is 316 g/mol. The smallest absolute Gasteiger partial charge is 0.286 e. The Bertz CT molecular complexity index is 678. The van der Waals surface area contributed by atoms with Gasteiger partial charge in [0.25, 0.3) is 5.91 Å². The molecular formula is C20H26N2O3. The molecule has 2 aromatic rings. The Hall–Kier alpha value is -2.56. The number of rotatable bonds is 8. The molecule has 134 valence electrons. The molecule has 2 amide bonds. The van der Waals surface area contributed by atoms with Crippen molar-refractivity contribution in [2.75, 3.05) is 6.54 Å². The van der Waals surface area contributed by atoms with E-state index in [2.05, 4.69) is 36.6 Å². The molecule has 1 aromatic carbocycles. The van der Waals surface area contributed by atoms with Crippen LogP contribution >= 0.6 is 0 Å². The molecule has 0 saturated heterocycles. The third kappa shape index (κ3) is 5.21. The van der Waals surface area contributed by atoms with Crippen molar-refractivity contribution in [2.24, 2.45) is 0 Å². The molecule has 0 fully saturated rings. The third-order valence-electron chi connectivity index (χ3n) is 4.59. The van der Waals surface area contributed by atoms with Gasteiger partial charge in [-0.3, -0.25) is 9.59 Å². The van der Waals surface area contributed by atoms with Crippen LogP contribution in [0.1, 0.15) is 49.7 Å². The Balaban J connectivity index is 1.73. The minimum absolute atomic E-state index is 0.000102. The van der Waals surface area contributed by atoms with Crippen LogP contribution in [0.3, 0.4) is 0 Å². The fourth-order valence-corrected chi connectivity index (χ4v) is 2.56. The number of hydrogen-bond acceptors (Lipinski definition) is 3. The lowest BCUT2D eigenvalue weighted by Gasteiger charge is -2.33. The van der Waals surface area contributed by atoms with Crippen LogP contribution < -0.4 is 10.6 Å². The molecule has 5 heteroatoms. The van der Waals surface area contributed by atoms with Crippen molar-refractivity contribution in [1.82, 2.24) is 10.6 Å². The van der Waals surface area contributed by atoms with Gasteiger partial charge in [0.15, 0.2) is 5.76 Å². The van der Waals surface area contributed by atoms with Gasteiger partial charge in [-0.25, -0.2) is 0 Å². The molecule has 2 rings (SSSR count). The maximum absolute atomic E-state index is 12.2. The average molecular weight is 342 g/mol. The zero-order valence-electron chi connectivity index (χ0n) is 15.0. The first-order valence-electron chi connectivity index (χ1n) is 8.58. The van der Waals surface area contributed by atoms with Gasteiger partial charge in [-0.05, 0) is 31.0 Å². The Labute approximate surface area is 148 Å². The predicted octanol–water partition coefficient (Wildman–Crippen LogP) is 3.27. The molecule has 25 heavy (non-hydrogen) atoms. The summed E-state index contributed by atoms with van der Waals surface area (Å²) in [6.07, 6.45) is 2.41. The van der Waals surface area contributed by atoms with Crippen molar-refractivity contribution >= 4 is 11.8 Å². The molecule has 0 saturated carbocycles. The summed E-state index contributed by atoms with van der Waals surface area (Å²) >= 11 is 0. The number of hydrogen-bond donors (Lipinski definition) is 2. The zero-order valence-corrected chi connectivity index (χ0v) is 15.0. The summed E-state index contributed by atoms with van der Waals surface area (Å²) in [5, 5.41) is 5.80. The van der Waals surface area contributed by atoms with Crippen LogP contribution in [0.25, 0.3) is 0 Å². The van der Waals surface area contributed by atoms with Crippen molar-refractivity contribution in [1.29, 1.82) is 0 Å². The maximum Gasteiger partial charge on any atom is 0.286 e. The minimum atomic E-state index is -0.260. The minimum Gasteiger partial charge on any atom is -0.459 e. The SMILES string of the molecule is CC(NC(=O)CCCNC(=O)c1ccco1)C(C)(C)c1ccccc1. The van der Waals surface area contributed by atoms with Gasteiger partial charge < -0.3 is 15.1 Å². The number of benzene rings is 1. The monoisotopic (exact) mass is 342 g/mol. The highest BCUT2D eigenvalue weighted by atomic mass is 16.3. The van der Waals surface area contributed by atoms with Crippen LogP contribution in [0.2, 0.25) is 0 Å². The normalized spacial score (nSPS) is 12.4. The topological polar surface area (TPSA) is 71.3 Å². The lowest BCUT2D eigenvalue weighted by Crippen LogP contribution is -2.45. The van der Waals surface area contributed by atoms with Gasteiger partial charge in [-0.1, -0.05) is 44.2 Å². The van der Waals surface area contributed by atoms with E-state index in [0.29, 0.717) is 19.4 Å². The van der Waals surface area contributed by atoms with Crippen molar-refractivity contribution in [3.63, 3.8) is 0 Å². The highest BCUT2D eigenvalue weighted by Gasteiger charge is 2.28. The van der Waals surface area contributed by atoms with Gasteiger partial charge in [0, 0.05) is 24.4 Å². The summed E-state index contributed by atoms with van der Waals surface area (Å²) < 4.78 is 5.01. The Morgan fingerprint density at radius 3 is 2.48 bits per heavy atom. The van der Waals surface area contributed by atoms with Crippen molar-refractivity contribution in [2.45, 2.75) is 45.1 Å². The van der Waals surface area contributed by atoms with E-state index in [1.165, 1.54) is 11.8 Å². The Morgan fingerprint density at radius 1 is 1.12 bits per heavy atom. The largest absolute Gasteiger partial charge is 0.459 e. The second-order valence-electron chi connectivity index (χ2n) is 6.71. The lowest BCUT2D eigenvalue weighted by molar-refractivity contribution is -0.122. The molecule has 0 spiro atoms. The number of nitrogens with one attached hydrogen (secondary N) is 2. The van der Waals surface area contributed by atoms with Crippen LogP contribution in [0.15, 0.2) is 53.1 Å². The molecule has 1 aromatic heterocycles. The molecule has 5 nitrogen and oxygen atoms in total. The molecule has 0 bridgehead atoms. The third-order valence-corrected chi connectivity index (χ3v) is 4.59. The average Bonchev–Trinajstić information content (AvgIpc) is 3.14. The highest BCUT2D eigenvalue weighted by molar-refractivity contribution is 5.91. The van der Waals surface area contributed by atoms with Crippen molar-refractivity contribution in [3.05, 3.63) is 60.1 Å². The van der Waals surface area contributed by atoms with E-state index in [4.69, 9.17) is 4.42 Å². The molecule has 2 N–H and O–H groups in total. The van der Waals surface area contributed by atoms with E-state index in [9.17, 15) is 9.59 Å². The molecule has 0 radical (unpaired) electrons. The Morgan fingerprint density at radius 2 is 1.84 bits per heavy atom. The summed E-state index contributed by atoms with van der Waals surface area (Å²) in [5.74, 6) is 0.00965. The summed E-state index contributed by atoms with van der Waals surface area (Å²) in [6.45, 7) is 6.70. The van der Waals surface area contributed by atoms with Crippen LogP contribution in [0.4, 0.5) is 0 Å². The lowest BCUT2D eigenvalue weighted by atomic mass is 9.78. The number of carbonyl (C=O) groups excluding carboxylic acids is 2. The van der Waals surface area contributed by atoms with Crippen molar-refractivity contribution in [3.8, 4) is 0 Å². The fraction of sp³-hybridized carbons (Fsp3) is 0.400. The molecule has 1 heterocycles. The van der Waals surface area contributed by atoms with Crippen LogP contribution in [-0.2, 0) is 10.2 Å². The molecule has 1 atom stereocenters. The van der Waals surface area contributed by atoms with Gasteiger partial charge in [0.1, 0.15) is 0 Å². The highest BCUT2D eigenvalue weighted by Crippen LogP contribution is 2.26. The molecule has 1 unspecified atom stereocenters. The Kier molecular flexibility index (Phi) is 6.39. The molecule has 0 aliphatic heterocycles. The van der Waals surface area contributed by atoms with Crippen molar-refractivity contribution < 1.29 is 14.0 Å². The number of carbonyl (C=O) groups is 2. The van der Waals surface area contributed by atoms with Gasteiger partial charge in [-0.2, -0.15) is 0 Å². The predicted molar refractivity (Wildman–Crippen MR) is 97.3 cm³/mol. The molecule has 0 aliphatic rings. The van der Waals surface area contributed by atoms with Crippen LogP contribution in [0.5, 0.6) is 0 Å². The van der Waals surface area contributed by atoms with E-state index in [0.717, 1.165) is 0 Å².